The number of rotatable bonds is 4. The third-order valence-electron chi connectivity index (χ3n) is 4.06. The molecule has 0 saturated heterocycles. The molecule has 32 heavy (non-hydrogen) atoms. The van der Waals surface area contributed by atoms with E-state index in [-0.39, 0.29) is 27.5 Å². The Bertz CT molecular complexity index is 1320. The second kappa shape index (κ2) is 8.41. The highest BCUT2D eigenvalue weighted by atomic mass is 35.5. The van der Waals surface area contributed by atoms with Crippen molar-refractivity contribution in [2.75, 3.05) is 10.6 Å². The highest BCUT2D eigenvalue weighted by Crippen LogP contribution is 2.33. The molecule has 14 heteroatoms. The Morgan fingerprint density at radius 3 is 2.41 bits per heavy atom. The van der Waals surface area contributed by atoms with Crippen LogP contribution in [-0.2, 0) is 6.18 Å². The fourth-order valence-corrected chi connectivity index (χ4v) is 3.32. The normalized spacial score (nSPS) is 11.6. The highest BCUT2D eigenvalue weighted by molar-refractivity contribution is 6.39. The van der Waals surface area contributed by atoms with Crippen LogP contribution < -0.4 is 10.6 Å². The van der Waals surface area contributed by atoms with Crippen molar-refractivity contribution in [1.82, 2.24) is 24.9 Å². The molecule has 0 bridgehead atoms. The number of aromatic amines is 1. The van der Waals surface area contributed by atoms with Gasteiger partial charge in [0.15, 0.2) is 0 Å². The molecule has 0 saturated carbocycles. The Hall–Kier alpha value is -3.15. The van der Waals surface area contributed by atoms with Crippen LogP contribution in [0.3, 0.4) is 0 Å². The number of imidazole rings is 1. The number of nitrogens with zero attached hydrogens (tertiary/aromatic N) is 4. The molecule has 0 radical (unpaired) electrons. The number of hydrogen-bond acceptors (Lipinski definition) is 6. The molecule has 0 unspecified atom stereocenters. The summed E-state index contributed by atoms with van der Waals surface area (Å²) in [6, 6.07) is 2.69. The first-order chi connectivity index (χ1) is 15.1. The number of anilines is 3. The fourth-order valence-electron chi connectivity index (χ4n) is 2.65. The summed E-state index contributed by atoms with van der Waals surface area (Å²) in [5, 5.41) is 5.28. The van der Waals surface area contributed by atoms with Crippen LogP contribution in [0.15, 0.2) is 36.8 Å². The molecule has 0 aliphatic heterocycles. The van der Waals surface area contributed by atoms with Crippen molar-refractivity contribution >= 4 is 69.2 Å². The van der Waals surface area contributed by atoms with Gasteiger partial charge < -0.3 is 15.6 Å². The first-order valence-electron chi connectivity index (χ1n) is 8.58. The molecule has 4 aromatic rings. The Morgan fingerprint density at radius 2 is 1.72 bits per heavy atom. The summed E-state index contributed by atoms with van der Waals surface area (Å²) in [4.78, 5) is 31.2. The number of fused-ring (bicyclic) bond motifs is 1. The minimum absolute atomic E-state index is 0.0944. The van der Waals surface area contributed by atoms with Gasteiger partial charge in [0, 0.05) is 12.4 Å². The Balaban J connectivity index is 1.58. The van der Waals surface area contributed by atoms with Crippen molar-refractivity contribution < 1.29 is 18.0 Å². The molecule has 0 atom stereocenters. The van der Waals surface area contributed by atoms with Gasteiger partial charge in [-0.3, -0.25) is 9.78 Å². The van der Waals surface area contributed by atoms with Gasteiger partial charge in [-0.05, 0) is 18.2 Å². The smallest absolute Gasteiger partial charge is 0.324 e. The van der Waals surface area contributed by atoms with Gasteiger partial charge in [0.25, 0.3) is 5.91 Å². The summed E-state index contributed by atoms with van der Waals surface area (Å²) in [5.74, 6) is -0.898. The van der Waals surface area contributed by atoms with E-state index >= 15 is 0 Å². The lowest BCUT2D eigenvalue weighted by Crippen LogP contribution is -2.16. The van der Waals surface area contributed by atoms with E-state index in [1.54, 1.807) is 0 Å². The van der Waals surface area contributed by atoms with E-state index in [0.29, 0.717) is 28.9 Å². The molecular formula is C18H9Cl3F3N7O. The molecule has 8 nitrogen and oxygen atoms in total. The second-order valence-corrected chi connectivity index (χ2v) is 7.49. The van der Waals surface area contributed by atoms with Crippen molar-refractivity contribution in [2.24, 2.45) is 0 Å². The molecule has 4 heterocycles. The zero-order chi connectivity index (χ0) is 23.0. The molecule has 4 aromatic heterocycles. The maximum atomic E-state index is 12.9. The van der Waals surface area contributed by atoms with Crippen LogP contribution in [0.5, 0.6) is 0 Å². The average molecular weight is 503 g/mol. The molecule has 164 valence electrons. The summed E-state index contributed by atoms with van der Waals surface area (Å²) in [7, 11) is 0. The number of alkyl halides is 3. The molecule has 0 fully saturated rings. The van der Waals surface area contributed by atoms with E-state index in [9.17, 15) is 18.0 Å². The standard InChI is InChI=1S/C18H9Cl3F3N7O/c19-8-4-25-5-9(20)15(8)31-17-27-10-3-11(26-6-12(10)28-17)16(32)30-14-2-7(18(22,23)24)1-13(21)29-14/h1-6H,(H,29,30,32)(H2,25,27,28,31). The van der Waals surface area contributed by atoms with Gasteiger partial charge in [0.2, 0.25) is 5.95 Å². The quantitative estimate of drug-likeness (QED) is 0.308. The minimum Gasteiger partial charge on any atom is -0.324 e. The molecule has 0 aromatic carbocycles. The highest BCUT2D eigenvalue weighted by Gasteiger charge is 2.31. The van der Waals surface area contributed by atoms with E-state index in [0.717, 1.165) is 0 Å². The van der Waals surface area contributed by atoms with E-state index < -0.39 is 22.8 Å². The number of aromatic nitrogens is 5. The number of carbonyl (C=O) groups is 1. The van der Waals surface area contributed by atoms with E-state index in [1.165, 1.54) is 24.7 Å². The number of nitrogens with one attached hydrogen (secondary N) is 3. The summed E-state index contributed by atoms with van der Waals surface area (Å²) < 4.78 is 38.8. The number of pyridine rings is 3. The van der Waals surface area contributed by atoms with Crippen LogP contribution in [0.2, 0.25) is 15.2 Å². The molecule has 0 spiro atoms. The van der Waals surface area contributed by atoms with Crippen molar-refractivity contribution in [3.63, 3.8) is 0 Å². The van der Waals surface area contributed by atoms with Crippen molar-refractivity contribution in [1.29, 1.82) is 0 Å². The van der Waals surface area contributed by atoms with Gasteiger partial charge in [-0.2, -0.15) is 13.2 Å². The predicted molar refractivity (Wildman–Crippen MR) is 114 cm³/mol. The van der Waals surface area contributed by atoms with Gasteiger partial charge in [-0.15, -0.1) is 0 Å². The van der Waals surface area contributed by atoms with Crippen LogP contribution in [0.4, 0.5) is 30.6 Å². The third-order valence-corrected chi connectivity index (χ3v) is 4.83. The zero-order valence-electron chi connectivity index (χ0n) is 15.4. The Labute approximate surface area is 192 Å². The first-order valence-corrected chi connectivity index (χ1v) is 9.71. The predicted octanol–water partition coefficient (Wildman–Crippen LogP) is 5.72. The molecule has 3 N–H and O–H groups in total. The number of amides is 1. The third kappa shape index (κ3) is 4.69. The van der Waals surface area contributed by atoms with Crippen LogP contribution >= 0.6 is 34.8 Å². The second-order valence-electron chi connectivity index (χ2n) is 6.29. The van der Waals surface area contributed by atoms with Crippen molar-refractivity contribution in [3.8, 4) is 0 Å². The van der Waals surface area contributed by atoms with Gasteiger partial charge in [0.1, 0.15) is 22.2 Å². The lowest BCUT2D eigenvalue weighted by Gasteiger charge is -2.10. The van der Waals surface area contributed by atoms with Crippen LogP contribution in [0, 0.1) is 0 Å². The number of hydrogen-bond donors (Lipinski definition) is 3. The van der Waals surface area contributed by atoms with Gasteiger partial charge in [-0.25, -0.2) is 15.0 Å². The maximum Gasteiger partial charge on any atom is 0.416 e. The summed E-state index contributed by atoms with van der Waals surface area (Å²) >= 11 is 17.8. The van der Waals surface area contributed by atoms with Crippen LogP contribution in [0.1, 0.15) is 16.1 Å². The van der Waals surface area contributed by atoms with Crippen molar-refractivity contribution in [3.05, 3.63) is 63.2 Å². The minimum atomic E-state index is -4.65. The van der Waals surface area contributed by atoms with Crippen LogP contribution in [-0.4, -0.2) is 30.8 Å². The zero-order valence-corrected chi connectivity index (χ0v) is 17.7. The van der Waals surface area contributed by atoms with Crippen LogP contribution in [0.25, 0.3) is 11.0 Å². The lowest BCUT2D eigenvalue weighted by atomic mass is 10.2. The maximum absolute atomic E-state index is 12.9. The molecular weight excluding hydrogens is 494 g/mol. The SMILES string of the molecule is O=C(Nc1cc(C(F)(F)F)cc(Cl)n1)c1cc2[nH]c(Nc3c(Cl)cncc3Cl)nc2cn1. The van der Waals surface area contributed by atoms with E-state index in [4.69, 9.17) is 34.8 Å². The van der Waals surface area contributed by atoms with Gasteiger partial charge >= 0.3 is 6.18 Å². The number of H-pyrrole nitrogens is 1. The summed E-state index contributed by atoms with van der Waals surface area (Å²) in [6.07, 6.45) is -0.537. The fraction of sp³-hybridized carbons (Fsp3) is 0.0556. The Morgan fingerprint density at radius 1 is 1.00 bits per heavy atom. The average Bonchev–Trinajstić information content (AvgIpc) is 3.11. The molecule has 4 rings (SSSR count). The topological polar surface area (TPSA) is 108 Å². The molecule has 0 aliphatic carbocycles. The van der Waals surface area contributed by atoms with E-state index in [1.807, 2.05) is 0 Å². The number of carbonyl (C=O) groups excluding carboxylic acids is 1. The van der Waals surface area contributed by atoms with Crippen molar-refractivity contribution in [2.45, 2.75) is 6.18 Å². The summed E-state index contributed by atoms with van der Waals surface area (Å²) in [5.41, 5.74) is 0.0623. The monoisotopic (exact) mass is 501 g/mol. The first kappa shape index (κ1) is 22.1. The Kier molecular flexibility index (Phi) is 5.80. The molecule has 0 aliphatic rings. The largest absolute Gasteiger partial charge is 0.416 e. The van der Waals surface area contributed by atoms with Gasteiger partial charge in [-0.1, -0.05) is 34.8 Å². The molecule has 1 amide bonds. The number of halogens is 6. The summed E-state index contributed by atoms with van der Waals surface area (Å²) in [6.45, 7) is 0. The lowest BCUT2D eigenvalue weighted by molar-refractivity contribution is -0.137. The van der Waals surface area contributed by atoms with Gasteiger partial charge in [0.05, 0.1) is 33.0 Å². The van der Waals surface area contributed by atoms with E-state index in [2.05, 4.69) is 35.6 Å².